The Kier molecular flexibility index (Phi) is 8.44. The summed E-state index contributed by atoms with van der Waals surface area (Å²) in [7, 11) is 0. The highest BCUT2D eigenvalue weighted by Gasteiger charge is 2.66. The first kappa shape index (κ1) is 31.5. The summed E-state index contributed by atoms with van der Waals surface area (Å²) in [6.07, 6.45) is -9.24. The van der Waals surface area contributed by atoms with E-state index in [0.29, 0.717) is 5.57 Å². The molecule has 0 spiro atoms. The van der Waals surface area contributed by atoms with Crippen molar-refractivity contribution in [3.05, 3.63) is 29.3 Å². The third kappa shape index (κ3) is 5.32. The van der Waals surface area contributed by atoms with E-state index in [9.17, 15) is 50.1 Å². The molecule has 40 heavy (non-hydrogen) atoms. The number of hydrogen-bond acceptors (Lipinski definition) is 13. The molecule has 2 fully saturated rings. The van der Waals surface area contributed by atoms with Gasteiger partial charge < -0.3 is 50.0 Å². The molecule has 1 unspecified atom stereocenters. The predicted molar refractivity (Wildman–Crippen MR) is 135 cm³/mol. The Morgan fingerprint density at radius 1 is 0.950 bits per heavy atom. The number of hydrogen-bond donors (Lipinski definition) is 7. The van der Waals surface area contributed by atoms with E-state index in [0.717, 1.165) is 12.1 Å². The van der Waals surface area contributed by atoms with Gasteiger partial charge in [0.15, 0.2) is 40.7 Å². The van der Waals surface area contributed by atoms with Crippen molar-refractivity contribution in [3.8, 4) is 17.2 Å². The van der Waals surface area contributed by atoms with Gasteiger partial charge in [-0.15, -0.1) is 0 Å². The zero-order valence-corrected chi connectivity index (χ0v) is 23.0. The first-order valence-electron chi connectivity index (χ1n) is 12.5. The van der Waals surface area contributed by atoms with Crippen LogP contribution in [0, 0.1) is 10.8 Å². The maximum atomic E-state index is 13.4. The van der Waals surface area contributed by atoms with Gasteiger partial charge in [0, 0.05) is 0 Å². The lowest BCUT2D eigenvalue weighted by atomic mass is 9.56. The van der Waals surface area contributed by atoms with Gasteiger partial charge in [-0.1, -0.05) is 19.4 Å². The third-order valence-corrected chi connectivity index (χ3v) is 7.27. The zero-order valence-electron chi connectivity index (χ0n) is 23.0. The lowest BCUT2D eigenvalue weighted by molar-refractivity contribution is -0.328. The van der Waals surface area contributed by atoms with Crippen LogP contribution in [0.5, 0.6) is 17.2 Å². The number of allylic oxidation sites excluding steroid dienone is 1. The fourth-order valence-electron chi connectivity index (χ4n) is 5.32. The molecule has 1 saturated heterocycles. The highest BCUT2D eigenvalue weighted by atomic mass is 16.7. The van der Waals surface area contributed by atoms with Crippen molar-refractivity contribution in [3.63, 3.8) is 0 Å². The molecule has 1 saturated carbocycles. The summed E-state index contributed by atoms with van der Waals surface area (Å²) in [5.41, 5.74) is -5.26. The summed E-state index contributed by atoms with van der Waals surface area (Å²) >= 11 is 0. The number of phenols is 3. The lowest BCUT2D eigenvalue weighted by Gasteiger charge is -2.53. The number of rotatable bonds is 6. The molecule has 0 aromatic heterocycles. The molecular weight excluding hydrogens is 532 g/mol. The highest BCUT2D eigenvalue weighted by molar-refractivity contribution is 6.15. The minimum absolute atomic E-state index is 0.359. The average molecular weight is 569 g/mol. The molecule has 0 amide bonds. The number of aliphatic hydroxyl groups is 4. The van der Waals surface area contributed by atoms with Crippen LogP contribution in [0.2, 0.25) is 0 Å². The molecule has 7 N–H and O–H groups in total. The van der Waals surface area contributed by atoms with Crippen molar-refractivity contribution in [1.82, 2.24) is 0 Å². The van der Waals surface area contributed by atoms with E-state index in [2.05, 4.69) is 0 Å². The molecule has 222 valence electrons. The number of aliphatic hydroxyl groups excluding tert-OH is 3. The smallest absolute Gasteiger partial charge is 0.338 e. The summed E-state index contributed by atoms with van der Waals surface area (Å²) in [6.45, 7) is 8.24. The zero-order chi connectivity index (χ0) is 30.5. The van der Waals surface area contributed by atoms with Crippen molar-refractivity contribution in [1.29, 1.82) is 0 Å². The van der Waals surface area contributed by atoms with E-state index < -0.39 is 94.6 Å². The molecule has 13 heteroatoms. The SMILES string of the molecule is CC(C)=C[C@]1(O)C(=O)C(C)(C)C(=O)C(C)(C)[C@@H]1OC1O[C@H](COC(=O)c2cc(O)c(O)c(O)c2)[C@@H](O)[C@H](O)[C@H]1O. The molecule has 1 aromatic rings. The Morgan fingerprint density at radius 2 is 1.50 bits per heavy atom. The number of benzene rings is 1. The van der Waals surface area contributed by atoms with Crippen molar-refractivity contribution < 1.29 is 64.3 Å². The first-order valence-corrected chi connectivity index (χ1v) is 12.5. The monoisotopic (exact) mass is 568 g/mol. The van der Waals surface area contributed by atoms with Crippen molar-refractivity contribution in [2.75, 3.05) is 6.61 Å². The minimum Gasteiger partial charge on any atom is -0.504 e. The largest absolute Gasteiger partial charge is 0.504 e. The Bertz CT molecular complexity index is 1190. The maximum Gasteiger partial charge on any atom is 0.338 e. The van der Waals surface area contributed by atoms with Gasteiger partial charge >= 0.3 is 5.97 Å². The van der Waals surface area contributed by atoms with Crippen LogP contribution in [0.3, 0.4) is 0 Å². The van der Waals surface area contributed by atoms with Crippen LogP contribution in [0.15, 0.2) is 23.8 Å². The summed E-state index contributed by atoms with van der Waals surface area (Å²) in [5, 5.41) is 71.9. The number of carbonyl (C=O) groups is 3. The second kappa shape index (κ2) is 10.7. The summed E-state index contributed by atoms with van der Waals surface area (Å²) < 4.78 is 16.5. The van der Waals surface area contributed by atoms with Crippen molar-refractivity contribution >= 4 is 17.5 Å². The summed E-state index contributed by atoms with van der Waals surface area (Å²) in [5.74, 6) is -4.92. The Labute approximate surface area is 230 Å². The number of ether oxygens (including phenoxy) is 3. The van der Waals surface area contributed by atoms with Gasteiger partial charge in [0.1, 0.15) is 37.1 Å². The minimum atomic E-state index is -2.34. The molecule has 1 aromatic carbocycles. The van der Waals surface area contributed by atoms with Gasteiger partial charge in [-0.2, -0.15) is 0 Å². The first-order chi connectivity index (χ1) is 18.3. The molecule has 13 nitrogen and oxygen atoms in total. The van der Waals surface area contributed by atoms with Crippen molar-refractivity contribution in [2.24, 2.45) is 10.8 Å². The van der Waals surface area contributed by atoms with Gasteiger partial charge in [-0.05, 0) is 45.9 Å². The van der Waals surface area contributed by atoms with Gasteiger partial charge in [0.05, 0.1) is 16.4 Å². The number of Topliss-reactive ketones (excluding diaryl/α,β-unsaturated/α-hetero) is 2. The molecule has 0 bridgehead atoms. The van der Waals surface area contributed by atoms with Crippen molar-refractivity contribution in [2.45, 2.75) is 84.0 Å². The third-order valence-electron chi connectivity index (χ3n) is 7.27. The van der Waals surface area contributed by atoms with E-state index >= 15 is 0 Å². The van der Waals surface area contributed by atoms with Crippen LogP contribution >= 0.6 is 0 Å². The van der Waals surface area contributed by atoms with Gasteiger partial charge in [0.25, 0.3) is 0 Å². The Morgan fingerprint density at radius 3 is 2.02 bits per heavy atom. The second-order valence-electron chi connectivity index (χ2n) is 11.5. The Hall–Kier alpha value is -3.07. The number of phenolic OH excluding ortho intramolecular Hbond substituents is 3. The fourth-order valence-corrected chi connectivity index (χ4v) is 5.32. The van der Waals surface area contributed by atoms with Crippen LogP contribution in [-0.4, -0.2) is 102 Å². The standard InChI is InChI=1S/C27H36O13/c1-11(2)9-27(37)23(36)25(3,4)22(35)26(5,6)24(27)40-21-19(33)18(32)17(31)15(39-21)10-38-20(34)12-7-13(28)16(30)14(29)8-12/h7-9,15,17-19,21,24,28-33,37H,10H2,1-6H3/t15-,17-,18+,19-,21?,24+,27+/m1/s1. The quantitative estimate of drug-likeness (QED) is 0.105. The molecule has 3 rings (SSSR count). The number of carbonyl (C=O) groups excluding carboxylic acids is 3. The average Bonchev–Trinajstić information content (AvgIpc) is 2.86. The van der Waals surface area contributed by atoms with Gasteiger partial charge in [0.2, 0.25) is 0 Å². The lowest BCUT2D eigenvalue weighted by Crippen LogP contribution is -2.71. The number of ketones is 2. The molecule has 1 heterocycles. The molecular formula is C27H36O13. The van der Waals surface area contributed by atoms with Crippen LogP contribution in [0.4, 0.5) is 0 Å². The summed E-state index contributed by atoms with van der Waals surface area (Å²) in [6, 6.07) is 1.65. The van der Waals surface area contributed by atoms with Gasteiger partial charge in [-0.25, -0.2) is 4.79 Å². The van der Waals surface area contributed by atoms with Crippen LogP contribution < -0.4 is 0 Å². The second-order valence-corrected chi connectivity index (χ2v) is 11.5. The van der Waals surface area contributed by atoms with E-state index in [-0.39, 0.29) is 5.56 Å². The molecule has 2 aliphatic rings. The van der Waals surface area contributed by atoms with E-state index in [1.807, 2.05) is 0 Å². The molecule has 0 radical (unpaired) electrons. The predicted octanol–water partition coefficient (Wildman–Crippen LogP) is 0.0545. The van der Waals surface area contributed by atoms with E-state index in [4.69, 9.17) is 14.2 Å². The molecule has 1 aliphatic heterocycles. The van der Waals surface area contributed by atoms with Crippen LogP contribution in [-0.2, 0) is 23.8 Å². The highest BCUT2D eigenvalue weighted by Crippen LogP contribution is 2.48. The van der Waals surface area contributed by atoms with E-state index in [1.54, 1.807) is 13.8 Å². The number of aromatic hydroxyl groups is 3. The molecule has 7 atom stereocenters. The normalized spacial score (nSPS) is 33.4. The summed E-state index contributed by atoms with van der Waals surface area (Å²) in [4.78, 5) is 39.2. The van der Waals surface area contributed by atoms with Crippen LogP contribution in [0.1, 0.15) is 51.9 Å². The molecule has 1 aliphatic carbocycles. The van der Waals surface area contributed by atoms with Gasteiger partial charge in [-0.3, -0.25) is 9.59 Å². The van der Waals surface area contributed by atoms with E-state index in [1.165, 1.54) is 33.8 Å². The topological polar surface area (TPSA) is 221 Å². The number of esters is 1. The van der Waals surface area contributed by atoms with Crippen LogP contribution in [0.25, 0.3) is 0 Å². The maximum absolute atomic E-state index is 13.4. The fraction of sp³-hybridized carbons (Fsp3) is 0.593. The Balaban J connectivity index is 1.88.